The van der Waals surface area contributed by atoms with E-state index in [1.54, 1.807) is 6.08 Å². The Morgan fingerprint density at radius 2 is 2.25 bits per heavy atom. The summed E-state index contributed by atoms with van der Waals surface area (Å²) in [5.74, 6) is 1.66. The van der Waals surface area contributed by atoms with Crippen LogP contribution in [0.25, 0.3) is 0 Å². The number of ether oxygens (including phenoxy) is 1. The third kappa shape index (κ3) is 4.99. The van der Waals surface area contributed by atoms with Gasteiger partial charge in [-0.2, -0.15) is 0 Å². The van der Waals surface area contributed by atoms with Crippen LogP contribution in [0, 0.1) is 5.92 Å². The molecule has 0 saturated carbocycles. The van der Waals surface area contributed by atoms with Gasteiger partial charge in [0.25, 0.3) is 0 Å². The second kappa shape index (κ2) is 7.07. The van der Waals surface area contributed by atoms with Crippen molar-refractivity contribution in [1.82, 2.24) is 0 Å². The Bertz CT molecular complexity index is 320. The normalized spacial score (nSPS) is 10.4. The molecule has 0 aromatic heterocycles. The third-order valence-corrected chi connectivity index (χ3v) is 2.28. The molecular formula is C14H22NO+. The van der Waals surface area contributed by atoms with Crippen LogP contribution in [0.1, 0.15) is 19.4 Å². The minimum absolute atomic E-state index is 0.569. The van der Waals surface area contributed by atoms with Gasteiger partial charge in [-0.25, -0.2) is 0 Å². The second-order valence-corrected chi connectivity index (χ2v) is 4.37. The molecule has 2 heteroatoms. The molecule has 0 bridgehead atoms. The molecule has 16 heavy (non-hydrogen) atoms. The molecule has 1 aromatic carbocycles. The van der Waals surface area contributed by atoms with Crippen molar-refractivity contribution in [1.29, 1.82) is 0 Å². The Hall–Kier alpha value is -1.28. The first-order valence-electron chi connectivity index (χ1n) is 5.86. The Morgan fingerprint density at radius 3 is 2.94 bits per heavy atom. The van der Waals surface area contributed by atoms with Crippen molar-refractivity contribution in [3.63, 3.8) is 0 Å². The Labute approximate surface area is 98.3 Å². The first-order valence-corrected chi connectivity index (χ1v) is 5.86. The van der Waals surface area contributed by atoms with Gasteiger partial charge in [-0.3, -0.25) is 0 Å². The van der Waals surface area contributed by atoms with Gasteiger partial charge in [-0.05, 0) is 12.1 Å². The number of hydrogen-bond acceptors (Lipinski definition) is 1. The van der Waals surface area contributed by atoms with Crippen molar-refractivity contribution in [3.8, 4) is 5.75 Å². The Balaban J connectivity index is 2.43. The van der Waals surface area contributed by atoms with Gasteiger partial charge in [-0.1, -0.05) is 38.6 Å². The summed E-state index contributed by atoms with van der Waals surface area (Å²) in [4.78, 5) is 0. The van der Waals surface area contributed by atoms with Crippen molar-refractivity contribution < 1.29 is 10.1 Å². The largest absolute Gasteiger partial charge is 0.490 e. The summed E-state index contributed by atoms with van der Waals surface area (Å²) in [7, 11) is 0. The zero-order valence-electron chi connectivity index (χ0n) is 10.3. The predicted molar refractivity (Wildman–Crippen MR) is 67.5 cm³/mol. The number of hydrogen-bond donors (Lipinski definition) is 1. The van der Waals surface area contributed by atoms with Crippen molar-refractivity contribution in [2.45, 2.75) is 20.4 Å². The smallest absolute Gasteiger partial charge is 0.120 e. The van der Waals surface area contributed by atoms with Gasteiger partial charge in [0.2, 0.25) is 0 Å². The lowest BCUT2D eigenvalue weighted by Gasteiger charge is -2.07. The van der Waals surface area contributed by atoms with E-state index in [1.165, 1.54) is 5.56 Å². The van der Waals surface area contributed by atoms with Gasteiger partial charge in [0.05, 0.1) is 6.54 Å². The van der Waals surface area contributed by atoms with Crippen molar-refractivity contribution >= 4 is 0 Å². The summed E-state index contributed by atoms with van der Waals surface area (Å²) in [6.07, 6.45) is 1.76. The monoisotopic (exact) mass is 220 g/mol. The van der Waals surface area contributed by atoms with Crippen LogP contribution >= 0.6 is 0 Å². The summed E-state index contributed by atoms with van der Waals surface area (Å²) in [6.45, 7) is 10.9. The van der Waals surface area contributed by atoms with E-state index in [2.05, 4.69) is 37.9 Å². The average molecular weight is 220 g/mol. The zero-order valence-corrected chi connectivity index (χ0v) is 10.3. The lowest BCUT2D eigenvalue weighted by Crippen LogP contribution is -2.83. The molecule has 1 rings (SSSR count). The molecule has 0 radical (unpaired) electrons. The van der Waals surface area contributed by atoms with E-state index in [0.29, 0.717) is 6.61 Å². The van der Waals surface area contributed by atoms with Gasteiger partial charge in [0, 0.05) is 11.5 Å². The van der Waals surface area contributed by atoms with Crippen LogP contribution < -0.4 is 10.1 Å². The topological polar surface area (TPSA) is 25.8 Å². The molecule has 0 aliphatic rings. The summed E-state index contributed by atoms with van der Waals surface area (Å²) in [5, 5.41) is 2.33. The predicted octanol–water partition coefficient (Wildman–Crippen LogP) is 1.97. The first-order chi connectivity index (χ1) is 7.72. The average Bonchev–Trinajstić information content (AvgIpc) is 2.26. The summed E-state index contributed by atoms with van der Waals surface area (Å²) >= 11 is 0. The maximum absolute atomic E-state index is 5.49. The van der Waals surface area contributed by atoms with E-state index in [1.807, 2.05) is 12.1 Å². The van der Waals surface area contributed by atoms with Crippen molar-refractivity contribution in [2.75, 3.05) is 13.2 Å². The SMILES string of the molecule is C=CCOc1cccc(C[NH2+]CC(C)C)c1. The molecule has 0 saturated heterocycles. The third-order valence-electron chi connectivity index (χ3n) is 2.28. The van der Waals surface area contributed by atoms with Gasteiger partial charge < -0.3 is 10.1 Å². The van der Waals surface area contributed by atoms with E-state index in [0.717, 1.165) is 24.8 Å². The Kier molecular flexibility index (Phi) is 5.65. The van der Waals surface area contributed by atoms with Crippen LogP contribution in [0.5, 0.6) is 5.75 Å². The molecule has 0 fully saturated rings. The van der Waals surface area contributed by atoms with E-state index in [4.69, 9.17) is 4.74 Å². The Morgan fingerprint density at radius 1 is 1.44 bits per heavy atom. The minimum atomic E-state index is 0.569. The van der Waals surface area contributed by atoms with Gasteiger partial charge >= 0.3 is 0 Å². The number of rotatable bonds is 7. The molecule has 0 unspecified atom stereocenters. The summed E-state index contributed by atoms with van der Waals surface area (Å²) in [5.41, 5.74) is 1.31. The molecule has 0 atom stereocenters. The van der Waals surface area contributed by atoms with E-state index in [9.17, 15) is 0 Å². The fourth-order valence-electron chi connectivity index (χ4n) is 1.50. The number of benzene rings is 1. The van der Waals surface area contributed by atoms with Crippen LogP contribution in [0.15, 0.2) is 36.9 Å². The van der Waals surface area contributed by atoms with Crippen LogP contribution in [0.4, 0.5) is 0 Å². The molecular weight excluding hydrogens is 198 g/mol. The fourth-order valence-corrected chi connectivity index (χ4v) is 1.50. The maximum Gasteiger partial charge on any atom is 0.120 e. The number of quaternary nitrogens is 1. The molecule has 0 aliphatic heterocycles. The van der Waals surface area contributed by atoms with Gasteiger partial charge in [-0.15, -0.1) is 0 Å². The molecule has 0 amide bonds. The highest BCUT2D eigenvalue weighted by Crippen LogP contribution is 2.12. The highest BCUT2D eigenvalue weighted by Gasteiger charge is 2.00. The van der Waals surface area contributed by atoms with Crippen molar-refractivity contribution in [2.24, 2.45) is 5.92 Å². The molecule has 1 aromatic rings. The molecule has 0 spiro atoms. The lowest BCUT2D eigenvalue weighted by molar-refractivity contribution is -0.675. The second-order valence-electron chi connectivity index (χ2n) is 4.37. The molecule has 88 valence electrons. The lowest BCUT2D eigenvalue weighted by atomic mass is 10.2. The van der Waals surface area contributed by atoms with Crippen molar-refractivity contribution in [3.05, 3.63) is 42.5 Å². The molecule has 0 aliphatic carbocycles. The van der Waals surface area contributed by atoms with E-state index in [-0.39, 0.29) is 0 Å². The minimum Gasteiger partial charge on any atom is -0.490 e. The quantitative estimate of drug-likeness (QED) is 0.699. The highest BCUT2D eigenvalue weighted by molar-refractivity contribution is 5.28. The van der Waals surface area contributed by atoms with Gasteiger partial charge in [0.15, 0.2) is 0 Å². The molecule has 0 heterocycles. The standard InChI is InChI=1S/C14H21NO/c1-4-8-16-14-7-5-6-13(9-14)11-15-10-12(2)3/h4-7,9,12,15H,1,8,10-11H2,2-3H3/p+1. The molecule has 2 N–H and O–H groups in total. The zero-order chi connectivity index (χ0) is 11.8. The fraction of sp³-hybridized carbons (Fsp3) is 0.429. The van der Waals surface area contributed by atoms with Crippen LogP contribution in [-0.4, -0.2) is 13.2 Å². The van der Waals surface area contributed by atoms with Crippen LogP contribution in [0.2, 0.25) is 0 Å². The van der Waals surface area contributed by atoms with Crippen LogP contribution in [-0.2, 0) is 6.54 Å². The number of nitrogens with two attached hydrogens (primary N) is 1. The highest BCUT2D eigenvalue weighted by atomic mass is 16.5. The molecule has 2 nitrogen and oxygen atoms in total. The summed E-state index contributed by atoms with van der Waals surface area (Å²) < 4.78 is 5.49. The summed E-state index contributed by atoms with van der Waals surface area (Å²) in [6, 6.07) is 8.25. The first kappa shape index (κ1) is 12.8. The van der Waals surface area contributed by atoms with E-state index < -0.39 is 0 Å². The maximum atomic E-state index is 5.49. The van der Waals surface area contributed by atoms with Crippen LogP contribution in [0.3, 0.4) is 0 Å². The van der Waals surface area contributed by atoms with E-state index >= 15 is 0 Å². The van der Waals surface area contributed by atoms with Gasteiger partial charge in [0.1, 0.15) is 18.9 Å².